The van der Waals surface area contributed by atoms with Gasteiger partial charge >= 0.3 is 5.63 Å². The highest BCUT2D eigenvalue weighted by molar-refractivity contribution is 5.93. The molecule has 33 heavy (non-hydrogen) atoms. The molecule has 0 N–H and O–H groups in total. The molecule has 3 aromatic carbocycles. The van der Waals surface area contributed by atoms with E-state index in [1.165, 1.54) is 24.5 Å². The topological polar surface area (TPSA) is 109 Å². The summed E-state index contributed by atoms with van der Waals surface area (Å²) in [7, 11) is 0. The lowest BCUT2D eigenvalue weighted by Gasteiger charge is -2.08. The molecule has 0 bridgehead atoms. The van der Waals surface area contributed by atoms with Crippen molar-refractivity contribution in [1.82, 2.24) is 4.98 Å². The van der Waals surface area contributed by atoms with Crippen LogP contribution in [0.15, 0.2) is 98.8 Å². The van der Waals surface area contributed by atoms with Gasteiger partial charge in [-0.15, -0.1) is 0 Å². The van der Waals surface area contributed by atoms with Crippen molar-refractivity contribution in [3.63, 3.8) is 0 Å². The molecule has 0 spiro atoms. The van der Waals surface area contributed by atoms with Gasteiger partial charge in [0, 0.05) is 35.2 Å². The Morgan fingerprint density at radius 2 is 1.73 bits per heavy atom. The quantitative estimate of drug-likeness (QED) is 0.192. The summed E-state index contributed by atoms with van der Waals surface area (Å²) >= 11 is 0. The molecule has 2 aromatic heterocycles. The zero-order valence-corrected chi connectivity index (χ0v) is 17.1. The highest BCUT2D eigenvalue weighted by atomic mass is 16.6. The van der Waals surface area contributed by atoms with Crippen molar-refractivity contribution in [2.75, 3.05) is 0 Å². The molecule has 0 amide bonds. The van der Waals surface area contributed by atoms with Crippen molar-refractivity contribution in [2.24, 2.45) is 0 Å². The lowest BCUT2D eigenvalue weighted by atomic mass is 10.0. The molecular formula is C25H16N2O6. The molecular weight excluding hydrogens is 424 g/mol. The number of hydrogen-bond acceptors (Lipinski definition) is 7. The smallest absolute Gasteiger partial charge is 0.336 e. The fourth-order valence-corrected chi connectivity index (χ4v) is 3.48. The van der Waals surface area contributed by atoms with Gasteiger partial charge < -0.3 is 13.6 Å². The van der Waals surface area contributed by atoms with Gasteiger partial charge in [0.25, 0.3) is 5.69 Å². The maximum Gasteiger partial charge on any atom is 0.336 e. The third-order valence-electron chi connectivity index (χ3n) is 5.06. The summed E-state index contributed by atoms with van der Waals surface area (Å²) in [5.74, 6) is 1.00. The van der Waals surface area contributed by atoms with Crippen molar-refractivity contribution in [2.45, 2.75) is 6.61 Å². The van der Waals surface area contributed by atoms with Crippen LogP contribution >= 0.6 is 0 Å². The van der Waals surface area contributed by atoms with Crippen LogP contribution in [0, 0.1) is 10.1 Å². The molecule has 0 fully saturated rings. The molecule has 0 aliphatic rings. The molecule has 0 saturated heterocycles. The Balaban J connectivity index is 1.39. The lowest BCUT2D eigenvalue weighted by molar-refractivity contribution is -0.384. The zero-order valence-electron chi connectivity index (χ0n) is 17.1. The van der Waals surface area contributed by atoms with E-state index < -0.39 is 10.5 Å². The lowest BCUT2D eigenvalue weighted by Crippen LogP contribution is -2.00. The summed E-state index contributed by atoms with van der Waals surface area (Å²) in [5, 5.41) is 11.6. The second kappa shape index (κ2) is 8.43. The molecule has 0 aliphatic heterocycles. The minimum absolute atomic E-state index is 0.0232. The van der Waals surface area contributed by atoms with Gasteiger partial charge in [-0.05, 0) is 47.5 Å². The van der Waals surface area contributed by atoms with Gasteiger partial charge in [0.2, 0.25) is 5.89 Å². The Kier molecular flexibility index (Phi) is 5.16. The Morgan fingerprint density at radius 1 is 0.939 bits per heavy atom. The van der Waals surface area contributed by atoms with Crippen LogP contribution in [-0.2, 0) is 6.61 Å². The monoisotopic (exact) mass is 440 g/mol. The fourth-order valence-electron chi connectivity index (χ4n) is 3.48. The SMILES string of the molecule is O=c1cc(-c2ccc([N+](=O)[O-])cc2)c2ccc(OCc3coc(-c4ccccc4)n3)cc2o1. The van der Waals surface area contributed by atoms with Crippen LogP contribution in [0.4, 0.5) is 5.69 Å². The van der Waals surface area contributed by atoms with Gasteiger partial charge in [0.05, 0.1) is 4.92 Å². The van der Waals surface area contributed by atoms with E-state index in [1.807, 2.05) is 30.3 Å². The maximum atomic E-state index is 12.1. The van der Waals surface area contributed by atoms with Gasteiger partial charge in [-0.1, -0.05) is 18.2 Å². The van der Waals surface area contributed by atoms with Gasteiger partial charge in [-0.25, -0.2) is 9.78 Å². The number of aromatic nitrogens is 1. The van der Waals surface area contributed by atoms with Crippen LogP contribution in [0.25, 0.3) is 33.6 Å². The highest BCUT2D eigenvalue weighted by Crippen LogP contribution is 2.31. The molecule has 0 unspecified atom stereocenters. The highest BCUT2D eigenvalue weighted by Gasteiger charge is 2.12. The van der Waals surface area contributed by atoms with Crippen molar-refractivity contribution in [3.8, 4) is 28.3 Å². The summed E-state index contributed by atoms with van der Waals surface area (Å²) in [5.41, 5.74) is 2.57. The van der Waals surface area contributed by atoms with Crippen LogP contribution in [0.5, 0.6) is 5.75 Å². The molecule has 162 valence electrons. The first-order valence-corrected chi connectivity index (χ1v) is 10.0. The Labute approximate surface area is 186 Å². The number of nitro benzene ring substituents is 1. The molecule has 0 atom stereocenters. The molecule has 0 aliphatic carbocycles. The van der Waals surface area contributed by atoms with Gasteiger partial charge in [0.15, 0.2) is 0 Å². The van der Waals surface area contributed by atoms with Crippen LogP contribution in [0.1, 0.15) is 5.69 Å². The van der Waals surface area contributed by atoms with E-state index in [9.17, 15) is 14.9 Å². The number of rotatable bonds is 6. The predicted molar refractivity (Wildman–Crippen MR) is 121 cm³/mol. The van der Waals surface area contributed by atoms with E-state index in [-0.39, 0.29) is 12.3 Å². The molecule has 5 aromatic rings. The summed E-state index contributed by atoms with van der Waals surface area (Å²) in [6.07, 6.45) is 1.54. The fraction of sp³-hybridized carbons (Fsp3) is 0.0400. The summed E-state index contributed by atoms with van der Waals surface area (Å²) in [4.78, 5) is 27.0. The number of fused-ring (bicyclic) bond motifs is 1. The summed E-state index contributed by atoms with van der Waals surface area (Å²) in [6.45, 7) is 0.175. The molecule has 5 rings (SSSR count). The predicted octanol–water partition coefficient (Wildman–Crippen LogP) is 5.60. The molecule has 8 heteroatoms. The average molecular weight is 440 g/mol. The molecule has 0 saturated carbocycles. The van der Waals surface area contributed by atoms with Crippen LogP contribution in [-0.4, -0.2) is 9.91 Å². The normalized spacial score (nSPS) is 10.9. The third-order valence-corrected chi connectivity index (χ3v) is 5.06. The van der Waals surface area contributed by atoms with E-state index in [1.54, 1.807) is 30.3 Å². The Hall–Kier alpha value is -4.72. The number of ether oxygens (including phenoxy) is 1. The second-order valence-electron chi connectivity index (χ2n) is 7.24. The second-order valence-corrected chi connectivity index (χ2v) is 7.24. The van der Waals surface area contributed by atoms with Crippen LogP contribution < -0.4 is 10.4 Å². The average Bonchev–Trinajstić information content (AvgIpc) is 3.32. The van der Waals surface area contributed by atoms with Crippen molar-refractivity contribution in [3.05, 3.63) is 111 Å². The number of benzene rings is 3. The van der Waals surface area contributed by atoms with Crippen molar-refractivity contribution < 1.29 is 18.5 Å². The molecule has 8 nitrogen and oxygen atoms in total. The minimum atomic E-state index is -0.531. The number of hydrogen-bond donors (Lipinski definition) is 0. The summed E-state index contributed by atoms with van der Waals surface area (Å²) < 4.78 is 16.7. The van der Waals surface area contributed by atoms with Crippen molar-refractivity contribution in [1.29, 1.82) is 0 Å². The largest absolute Gasteiger partial charge is 0.487 e. The number of nitro groups is 1. The van der Waals surface area contributed by atoms with E-state index in [2.05, 4.69) is 4.98 Å². The first-order chi connectivity index (χ1) is 16.1. The zero-order chi connectivity index (χ0) is 22.8. The Bertz CT molecular complexity index is 1500. The van der Waals surface area contributed by atoms with Gasteiger partial charge in [-0.3, -0.25) is 10.1 Å². The van der Waals surface area contributed by atoms with E-state index >= 15 is 0 Å². The standard InChI is InChI=1S/C25H16N2O6/c28-24-13-22(16-6-8-19(9-7-16)27(29)30)21-11-10-20(12-23(21)33-24)31-14-18-15-32-25(26-18)17-4-2-1-3-5-17/h1-13,15H,14H2. The number of non-ortho nitro benzene ring substituents is 1. The third kappa shape index (κ3) is 4.22. The number of oxazole rings is 1. The molecule has 0 radical (unpaired) electrons. The summed E-state index contributed by atoms with van der Waals surface area (Å²) in [6, 6.07) is 22.1. The first-order valence-electron chi connectivity index (χ1n) is 10.0. The van der Waals surface area contributed by atoms with Crippen LogP contribution in [0.3, 0.4) is 0 Å². The van der Waals surface area contributed by atoms with Crippen LogP contribution in [0.2, 0.25) is 0 Å². The number of nitrogens with zero attached hydrogens (tertiary/aromatic N) is 2. The van der Waals surface area contributed by atoms with Gasteiger partial charge in [0.1, 0.15) is 29.9 Å². The minimum Gasteiger partial charge on any atom is -0.487 e. The maximum absolute atomic E-state index is 12.1. The van der Waals surface area contributed by atoms with E-state index in [0.29, 0.717) is 39.4 Å². The van der Waals surface area contributed by atoms with Gasteiger partial charge in [-0.2, -0.15) is 0 Å². The van der Waals surface area contributed by atoms with E-state index in [4.69, 9.17) is 13.6 Å². The van der Waals surface area contributed by atoms with E-state index in [0.717, 1.165) is 5.56 Å². The first kappa shape index (κ1) is 20.2. The Morgan fingerprint density at radius 3 is 2.48 bits per heavy atom. The van der Waals surface area contributed by atoms with Crippen molar-refractivity contribution >= 4 is 16.7 Å². The molecule has 2 heterocycles.